The van der Waals surface area contributed by atoms with Crippen molar-refractivity contribution in [3.05, 3.63) is 12.2 Å². The minimum atomic E-state index is -1.65. The summed E-state index contributed by atoms with van der Waals surface area (Å²) in [6, 6.07) is -14.1. The molecule has 25 heteroatoms. The smallest absolute Gasteiger partial charge is 0.248 e. The second-order valence-electron chi connectivity index (χ2n) is 28.5. The Balaban J connectivity index is 4.53. The molecular formula is C68H124N12O13. The van der Waals surface area contributed by atoms with E-state index in [2.05, 4.69) is 21.3 Å². The summed E-state index contributed by atoms with van der Waals surface area (Å²) in [5.41, 5.74) is 0. The third-order valence-corrected chi connectivity index (χ3v) is 17.6. The second kappa shape index (κ2) is 39.6. The predicted octanol–water partition coefficient (Wildman–Crippen LogP) is 3.61. The van der Waals surface area contributed by atoms with Crippen molar-refractivity contribution < 1.29 is 62.6 Å². The van der Waals surface area contributed by atoms with Crippen LogP contribution in [-0.2, 0) is 57.5 Å². The third-order valence-electron chi connectivity index (χ3n) is 17.6. The van der Waals surface area contributed by atoms with Gasteiger partial charge in [0.1, 0.15) is 66.5 Å². The third kappa shape index (κ3) is 24.8. The van der Waals surface area contributed by atoms with Gasteiger partial charge in [0, 0.05) is 55.9 Å². The number of likely N-dealkylation sites (N-methyl/N-ethyl adjacent to an activating group) is 7. The van der Waals surface area contributed by atoms with Crippen molar-refractivity contribution in [1.82, 2.24) is 60.5 Å². The van der Waals surface area contributed by atoms with Crippen molar-refractivity contribution in [2.45, 2.75) is 235 Å². The molecule has 13 atom stereocenters. The Labute approximate surface area is 557 Å². The van der Waals surface area contributed by atoms with Gasteiger partial charge < -0.3 is 70.3 Å². The molecule has 1 saturated heterocycles. The first-order chi connectivity index (χ1) is 43.0. The van der Waals surface area contributed by atoms with Crippen LogP contribution in [0.25, 0.3) is 0 Å². The number of nitrogens with one attached hydrogen (secondary N) is 4. The van der Waals surface area contributed by atoms with Gasteiger partial charge in [-0.15, -0.1) is 0 Å². The van der Waals surface area contributed by atoms with Gasteiger partial charge in [0.2, 0.25) is 65.0 Å². The standard InChI is InChI=1S/C68H124N12O13/c1-27-29-31-45(15)57(81)56-61(85)71-48(28-2)63(87)78(24)53(38-93-33-30-32-73(18)19)66(90)74(20)50(35-40(5)6)60(84)72-54(43(11)12)67(91)75(21)49(34-39(3)4)59(83)69-46(16)58(82)70-47(17)62(86)76(22)51(36-41(7)8)64(88)77(23)52(37-42(9)10)65(89)79(25)55(44(13)14)68(92)80(56)26/h27,29,39-57,81H,28,30-38H2,1-26H3,(H,69,83)(H,70,82)(H,71,85)(H,72,84)/b29-27+/t45-,46+,47-,48+,49+,50+,51+,52+,53-,54+,55+,56+,57-/m1/s1. The molecule has 1 heterocycles. The number of rotatable bonds is 21. The molecule has 93 heavy (non-hydrogen) atoms. The van der Waals surface area contributed by atoms with Crippen molar-refractivity contribution in [3.63, 3.8) is 0 Å². The summed E-state index contributed by atoms with van der Waals surface area (Å²) >= 11 is 0. The van der Waals surface area contributed by atoms with Gasteiger partial charge in [-0.05, 0) is 128 Å². The number of aliphatic hydroxyl groups is 1. The van der Waals surface area contributed by atoms with Gasteiger partial charge >= 0.3 is 0 Å². The quantitative estimate of drug-likeness (QED) is 0.0811. The van der Waals surface area contributed by atoms with Crippen LogP contribution in [-0.4, -0.2) is 265 Å². The predicted molar refractivity (Wildman–Crippen MR) is 361 cm³/mol. The van der Waals surface area contributed by atoms with E-state index >= 15 is 28.8 Å². The van der Waals surface area contributed by atoms with Crippen LogP contribution in [0.1, 0.15) is 163 Å². The lowest BCUT2D eigenvalue weighted by Gasteiger charge is -2.41. The average molecular weight is 1320 g/mol. The van der Waals surface area contributed by atoms with E-state index in [9.17, 15) is 29.1 Å². The van der Waals surface area contributed by atoms with E-state index in [-0.39, 0.29) is 69.0 Å². The molecule has 0 aromatic heterocycles. The van der Waals surface area contributed by atoms with Gasteiger partial charge in [-0.1, -0.05) is 109 Å². The van der Waals surface area contributed by atoms with Crippen LogP contribution < -0.4 is 21.3 Å². The number of hydrogen-bond acceptors (Lipinski definition) is 14. The summed E-state index contributed by atoms with van der Waals surface area (Å²) in [5.74, 6) is -10.1. The van der Waals surface area contributed by atoms with Crippen molar-refractivity contribution in [2.75, 3.05) is 83.2 Å². The second-order valence-corrected chi connectivity index (χ2v) is 28.5. The molecule has 5 N–H and O–H groups in total. The first-order valence-corrected chi connectivity index (χ1v) is 33.6. The van der Waals surface area contributed by atoms with E-state index in [1.54, 1.807) is 54.5 Å². The summed E-state index contributed by atoms with van der Waals surface area (Å²) in [4.78, 5) is 174. The molecule has 25 nitrogen and oxygen atoms in total. The molecule has 0 radical (unpaired) electrons. The maximum absolute atomic E-state index is 15.3. The molecule has 1 rings (SSSR count). The lowest BCUT2D eigenvalue weighted by molar-refractivity contribution is -0.157. The zero-order valence-corrected chi connectivity index (χ0v) is 61.6. The van der Waals surface area contributed by atoms with E-state index in [1.165, 1.54) is 87.7 Å². The van der Waals surface area contributed by atoms with Crippen molar-refractivity contribution in [1.29, 1.82) is 0 Å². The molecule has 1 fully saturated rings. The van der Waals surface area contributed by atoms with Crippen molar-refractivity contribution in [2.24, 2.45) is 41.4 Å². The molecule has 0 aliphatic carbocycles. The highest BCUT2D eigenvalue weighted by atomic mass is 16.5. The summed E-state index contributed by atoms with van der Waals surface area (Å²) in [6.45, 7) is 30.4. The van der Waals surface area contributed by atoms with Crippen molar-refractivity contribution in [3.8, 4) is 0 Å². The molecule has 11 amide bonds. The lowest BCUT2D eigenvalue weighted by Crippen LogP contribution is -2.64. The highest BCUT2D eigenvalue weighted by Crippen LogP contribution is 2.26. The number of allylic oxidation sites excluding steroid dienone is 2. The van der Waals surface area contributed by atoms with Crippen LogP contribution in [0, 0.1) is 41.4 Å². The van der Waals surface area contributed by atoms with E-state index in [0.717, 1.165) is 9.80 Å². The Morgan fingerprint density at radius 3 is 1.33 bits per heavy atom. The fraction of sp³-hybridized carbons (Fsp3) is 0.809. The van der Waals surface area contributed by atoms with Crippen molar-refractivity contribution >= 4 is 65.0 Å². The van der Waals surface area contributed by atoms with Crippen LogP contribution in [0.4, 0.5) is 0 Å². The molecule has 1 aliphatic rings. The summed E-state index contributed by atoms with van der Waals surface area (Å²) in [6.07, 6.45) is 3.44. The number of ether oxygens (including phenoxy) is 1. The Morgan fingerprint density at radius 1 is 0.473 bits per heavy atom. The van der Waals surface area contributed by atoms with Crippen LogP contribution in [0.2, 0.25) is 0 Å². The number of amides is 11. The number of nitrogens with zero attached hydrogens (tertiary/aromatic N) is 8. The van der Waals surface area contributed by atoms with E-state index in [0.29, 0.717) is 19.4 Å². The number of carbonyl (C=O) groups is 11. The molecule has 0 aromatic carbocycles. The molecule has 534 valence electrons. The van der Waals surface area contributed by atoms with Gasteiger partial charge in [-0.3, -0.25) is 52.7 Å². The summed E-state index contributed by atoms with van der Waals surface area (Å²) < 4.78 is 6.13. The zero-order chi connectivity index (χ0) is 72.0. The summed E-state index contributed by atoms with van der Waals surface area (Å²) in [5, 5.41) is 23.4. The molecule has 1 aliphatic heterocycles. The SMILES string of the molecule is C/C=C/C[C@@H](C)[C@@H](O)[C@H]1C(=O)N[C@@H](CC)C(=O)N(C)[C@H](COCCCN(C)C)C(=O)N(C)[C@@H](CC(C)C)C(=O)N[C@@H](C(C)C)C(=O)N(C)[C@@H](CC(C)C)C(=O)N[C@@H](C)C(=O)N[C@H](C)C(=O)N(C)[C@@H](CC(C)C)C(=O)N(C)[C@@H](CC(C)C)C(=O)N(C)[C@@H](C(C)C)C(=O)N1C. The molecule has 0 saturated carbocycles. The fourth-order valence-electron chi connectivity index (χ4n) is 11.7. The van der Waals surface area contributed by atoms with Gasteiger partial charge in [-0.2, -0.15) is 0 Å². The van der Waals surface area contributed by atoms with Gasteiger partial charge in [-0.25, -0.2) is 0 Å². The molecular weight excluding hydrogens is 1190 g/mol. The van der Waals surface area contributed by atoms with Crippen LogP contribution in [0.15, 0.2) is 12.2 Å². The lowest BCUT2D eigenvalue weighted by atomic mass is 9.91. The monoisotopic (exact) mass is 1320 g/mol. The first-order valence-electron chi connectivity index (χ1n) is 33.6. The van der Waals surface area contributed by atoms with Crippen LogP contribution in [0.5, 0.6) is 0 Å². The minimum absolute atomic E-state index is 0.0224. The van der Waals surface area contributed by atoms with E-state index in [1.807, 2.05) is 80.5 Å². The maximum atomic E-state index is 15.3. The highest BCUT2D eigenvalue weighted by Gasteiger charge is 2.46. The Morgan fingerprint density at radius 2 is 0.882 bits per heavy atom. The largest absolute Gasteiger partial charge is 0.390 e. The zero-order valence-electron chi connectivity index (χ0n) is 61.6. The summed E-state index contributed by atoms with van der Waals surface area (Å²) in [7, 11) is 13.8. The Hall–Kier alpha value is -6.21. The van der Waals surface area contributed by atoms with Gasteiger partial charge in [0.25, 0.3) is 0 Å². The maximum Gasteiger partial charge on any atom is 0.248 e. The highest BCUT2D eigenvalue weighted by molar-refractivity contribution is 6.00. The molecule has 0 aromatic rings. The first kappa shape index (κ1) is 84.8. The Bertz CT molecular complexity index is 2510. The molecule has 0 unspecified atom stereocenters. The van der Waals surface area contributed by atoms with Crippen LogP contribution in [0.3, 0.4) is 0 Å². The van der Waals surface area contributed by atoms with E-state index in [4.69, 9.17) is 4.74 Å². The van der Waals surface area contributed by atoms with Gasteiger partial charge in [0.15, 0.2) is 0 Å². The molecule has 0 bridgehead atoms. The minimum Gasteiger partial charge on any atom is -0.390 e. The topological polar surface area (TPSA) is 291 Å². The fourth-order valence-corrected chi connectivity index (χ4v) is 11.7. The van der Waals surface area contributed by atoms with Crippen LogP contribution >= 0.6 is 0 Å². The normalized spacial score (nSPS) is 26.5. The Kier molecular flexibility index (Phi) is 36.1. The number of aliphatic hydroxyl groups excluding tert-OH is 1. The van der Waals surface area contributed by atoms with E-state index < -0.39 is 155 Å². The molecule has 0 spiro atoms. The van der Waals surface area contributed by atoms with Gasteiger partial charge in [0.05, 0.1) is 12.7 Å². The number of carbonyl (C=O) groups excluding carboxylic acids is 11. The average Bonchev–Trinajstić information content (AvgIpc) is 0.816. The number of hydrogen-bond donors (Lipinski definition) is 5.